The second kappa shape index (κ2) is 11.2. The van der Waals surface area contributed by atoms with Crippen LogP contribution in [0.15, 0.2) is 30.3 Å². The van der Waals surface area contributed by atoms with Gasteiger partial charge in [0.1, 0.15) is 0 Å². The van der Waals surface area contributed by atoms with Gasteiger partial charge in [0, 0.05) is 17.4 Å². The summed E-state index contributed by atoms with van der Waals surface area (Å²) >= 11 is 0. The van der Waals surface area contributed by atoms with Gasteiger partial charge in [0.25, 0.3) is 0 Å². The molecule has 1 rings (SSSR count). The van der Waals surface area contributed by atoms with E-state index in [1.165, 1.54) is 0 Å². The Kier molecular flexibility index (Phi) is 20.1. The number of rotatable bonds is 0. The smallest absolute Gasteiger partial charge is 0 e. The molecule has 0 amide bonds. The van der Waals surface area contributed by atoms with Gasteiger partial charge < -0.3 is 0 Å². The molecule has 0 radical (unpaired) electrons. The van der Waals surface area contributed by atoms with E-state index in [4.69, 9.17) is 0 Å². The Bertz CT molecular complexity index is 83.0. The summed E-state index contributed by atoms with van der Waals surface area (Å²) in [5, 5.41) is 0. The van der Waals surface area contributed by atoms with Gasteiger partial charge in [-0.05, 0) is 0 Å². The first-order valence-electron chi connectivity index (χ1n) is 1.91. The largest absolute Gasteiger partial charge is 0.184 e. The van der Waals surface area contributed by atoms with E-state index in [1.807, 2.05) is 30.3 Å². The van der Waals surface area contributed by atoms with Crippen LogP contribution in [-0.2, 0) is 17.4 Å². The Morgan fingerprint density at radius 2 is 1.22 bits per heavy atom. The molecule has 3 heteroatoms. The van der Waals surface area contributed by atoms with Gasteiger partial charge in [-0.1, -0.05) is 0 Å². The van der Waals surface area contributed by atoms with E-state index in [9.17, 15) is 0 Å². The molecule has 0 bridgehead atoms. The third kappa shape index (κ3) is 8.33. The molecule has 0 nitrogen and oxygen atoms in total. The average Bonchev–Trinajstić information content (AvgIpc) is 1.72. The molecule has 0 aliphatic rings. The summed E-state index contributed by atoms with van der Waals surface area (Å²) in [7, 11) is 0. The first-order valence-corrected chi connectivity index (χ1v) is 1.91. The fourth-order valence-electron chi connectivity index (χ4n) is 0.342. The summed E-state index contributed by atoms with van der Waals surface area (Å²) in [6.07, 6.45) is 0. The molecular weight excluding hydrogens is 195 g/mol. The van der Waals surface area contributed by atoms with Crippen molar-refractivity contribution in [1.29, 1.82) is 0 Å². The van der Waals surface area contributed by atoms with E-state index in [0.29, 0.717) is 0 Å². The molecule has 1 aromatic carbocycles. The maximum absolute atomic E-state index is 2.89. The third-order valence-corrected chi connectivity index (χ3v) is 0.607. The molecule has 0 N–H and O–H groups in total. The van der Waals surface area contributed by atoms with E-state index < -0.39 is 0 Å². The van der Waals surface area contributed by atoms with Crippen LogP contribution >= 0.6 is 24.8 Å². The van der Waals surface area contributed by atoms with Crippen LogP contribution in [0, 0.1) is 6.07 Å². The van der Waals surface area contributed by atoms with Crippen LogP contribution in [0.25, 0.3) is 0 Å². The number of hydrogen-bond acceptors (Lipinski definition) is 0. The predicted octanol–water partition coefficient (Wildman–Crippen LogP) is 2.33. The van der Waals surface area contributed by atoms with Crippen molar-refractivity contribution < 1.29 is 17.4 Å². The minimum atomic E-state index is 0. The van der Waals surface area contributed by atoms with Crippen molar-refractivity contribution >= 4 is 24.8 Å². The number of hydrogen-bond donors (Lipinski definition) is 0. The summed E-state index contributed by atoms with van der Waals surface area (Å²) < 4.78 is 0. The zero-order valence-corrected chi connectivity index (χ0v) is 7.52. The van der Waals surface area contributed by atoms with Crippen molar-refractivity contribution in [1.82, 2.24) is 0 Å². The zero-order valence-electron chi connectivity index (χ0n) is 4.61. The molecule has 9 heavy (non-hydrogen) atoms. The van der Waals surface area contributed by atoms with E-state index >= 15 is 0 Å². The number of benzene rings is 1. The van der Waals surface area contributed by atoms with E-state index in [-0.39, 0.29) is 42.2 Å². The molecule has 0 spiro atoms. The van der Waals surface area contributed by atoms with Crippen LogP contribution in [0.2, 0.25) is 0 Å². The van der Waals surface area contributed by atoms with Crippen LogP contribution in [0.1, 0.15) is 0 Å². The van der Waals surface area contributed by atoms with Crippen LogP contribution < -0.4 is 0 Å². The molecule has 0 fully saturated rings. The number of halogens is 2. The molecule has 0 saturated heterocycles. The van der Waals surface area contributed by atoms with Crippen molar-refractivity contribution in [3.63, 3.8) is 0 Å². The van der Waals surface area contributed by atoms with E-state index in [2.05, 4.69) is 6.07 Å². The van der Waals surface area contributed by atoms with Crippen LogP contribution in [0.3, 0.4) is 0 Å². The molecule has 52 valence electrons. The summed E-state index contributed by atoms with van der Waals surface area (Å²) in [5.74, 6) is 0. The Hall–Kier alpha value is 0.332. The Labute approximate surface area is 78.6 Å². The topological polar surface area (TPSA) is 0 Å². The van der Waals surface area contributed by atoms with E-state index in [1.54, 1.807) is 0 Å². The van der Waals surface area contributed by atoms with Gasteiger partial charge in [-0.2, -0.15) is 36.4 Å². The third-order valence-electron chi connectivity index (χ3n) is 0.607. The van der Waals surface area contributed by atoms with Gasteiger partial charge in [-0.25, -0.2) is 0 Å². The summed E-state index contributed by atoms with van der Waals surface area (Å²) in [6, 6.07) is 12.5. The first kappa shape index (κ1) is 16.2. The van der Waals surface area contributed by atoms with Crippen LogP contribution in [0.4, 0.5) is 0 Å². The second-order valence-electron chi connectivity index (χ2n) is 1.08. The molecule has 0 heterocycles. The minimum absolute atomic E-state index is 0. The molecule has 0 aromatic heterocycles. The fourth-order valence-corrected chi connectivity index (χ4v) is 0.342. The second-order valence-corrected chi connectivity index (χ2v) is 1.08. The van der Waals surface area contributed by atoms with Crippen molar-refractivity contribution in [3.05, 3.63) is 36.4 Å². The van der Waals surface area contributed by atoms with Crippen LogP contribution in [-0.4, -0.2) is 0 Å². The van der Waals surface area contributed by atoms with Gasteiger partial charge in [-0.3, -0.25) is 0 Å². The van der Waals surface area contributed by atoms with Crippen molar-refractivity contribution in [2.24, 2.45) is 0 Å². The van der Waals surface area contributed by atoms with Gasteiger partial charge >= 0.3 is 0 Å². The van der Waals surface area contributed by atoms with E-state index in [0.717, 1.165) is 0 Å². The Balaban J connectivity index is -0.000000120. The van der Waals surface area contributed by atoms with Crippen molar-refractivity contribution in [2.45, 2.75) is 0 Å². The molecule has 0 aliphatic heterocycles. The minimum Gasteiger partial charge on any atom is -0.184 e. The molecule has 0 aliphatic carbocycles. The predicted molar refractivity (Wildman–Crippen MR) is 39.8 cm³/mol. The first-order chi connectivity index (χ1) is 3.00. The SMILES string of the molecule is Cl.Cl.[Cr].[c-]1ccccc1. The van der Waals surface area contributed by atoms with Gasteiger partial charge in [0.05, 0.1) is 0 Å². The standard InChI is InChI=1S/C6H5.2ClH.Cr/c1-2-4-6-5-3-1;;;/h1-5H;2*1H;/q-1;;;. The summed E-state index contributed by atoms with van der Waals surface area (Å²) in [4.78, 5) is 0. The van der Waals surface area contributed by atoms with Crippen molar-refractivity contribution in [2.75, 3.05) is 0 Å². The maximum atomic E-state index is 2.89. The Morgan fingerprint density at radius 1 is 0.778 bits per heavy atom. The normalized spacial score (nSPS) is 5.33. The monoisotopic (exact) mass is 201 g/mol. The van der Waals surface area contributed by atoms with Crippen LogP contribution in [0.5, 0.6) is 0 Å². The molecule has 1 aromatic rings. The van der Waals surface area contributed by atoms with Gasteiger partial charge in [0.15, 0.2) is 0 Å². The molecule has 0 saturated carbocycles. The molecule has 0 unspecified atom stereocenters. The zero-order chi connectivity index (χ0) is 4.24. The molecular formula is C6H7Cl2Cr-. The van der Waals surface area contributed by atoms with Gasteiger partial charge in [0.2, 0.25) is 0 Å². The fraction of sp³-hybridized carbons (Fsp3) is 0. The Morgan fingerprint density at radius 3 is 1.33 bits per heavy atom. The molecule has 0 atom stereocenters. The summed E-state index contributed by atoms with van der Waals surface area (Å²) in [6.45, 7) is 0. The maximum Gasteiger partial charge on any atom is 0 e. The van der Waals surface area contributed by atoms with Gasteiger partial charge in [-0.15, -0.1) is 24.8 Å². The quantitative estimate of drug-likeness (QED) is 0.566. The summed E-state index contributed by atoms with van der Waals surface area (Å²) in [5.41, 5.74) is 0. The van der Waals surface area contributed by atoms with Crippen molar-refractivity contribution in [3.8, 4) is 0 Å². The average molecular weight is 202 g/mol.